The molecule has 0 aromatic heterocycles. The largest absolute Gasteiger partial charge is 0.396 e. The summed E-state index contributed by atoms with van der Waals surface area (Å²) >= 11 is 0. The van der Waals surface area contributed by atoms with Crippen molar-refractivity contribution in [2.75, 3.05) is 6.61 Å². The highest BCUT2D eigenvalue weighted by atomic mass is 16.3. The molecule has 0 bridgehead atoms. The Bertz CT molecular complexity index is 334. The van der Waals surface area contributed by atoms with Gasteiger partial charge in [0, 0.05) is 18.9 Å². The molecule has 0 radical (unpaired) electrons. The topological polar surface area (TPSA) is 37.3 Å². The molecule has 2 aliphatic carbocycles. The van der Waals surface area contributed by atoms with E-state index in [0.717, 1.165) is 5.92 Å². The highest BCUT2D eigenvalue weighted by molar-refractivity contribution is 5.82. The highest BCUT2D eigenvalue weighted by Crippen LogP contribution is 2.48. The van der Waals surface area contributed by atoms with Crippen LogP contribution in [0.4, 0.5) is 0 Å². The fourth-order valence-electron chi connectivity index (χ4n) is 4.33. The van der Waals surface area contributed by atoms with Gasteiger partial charge in [0.05, 0.1) is 0 Å². The van der Waals surface area contributed by atoms with E-state index in [9.17, 15) is 4.79 Å². The average Bonchev–Trinajstić information content (AvgIpc) is 2.29. The van der Waals surface area contributed by atoms with Gasteiger partial charge in [-0.15, -0.1) is 0 Å². The van der Waals surface area contributed by atoms with Gasteiger partial charge in [-0.25, -0.2) is 0 Å². The zero-order valence-corrected chi connectivity index (χ0v) is 11.8. The minimum absolute atomic E-state index is 0.00601. The fraction of sp³-hybridized carbons (Fsp3) is 0.812. The van der Waals surface area contributed by atoms with Crippen LogP contribution in [0.3, 0.4) is 0 Å². The van der Waals surface area contributed by atoms with E-state index in [0.29, 0.717) is 30.1 Å². The Hall–Kier alpha value is -0.630. The SMILES string of the molecule is CC1CC(C)C2C(C=CC(C)C2C(=O)CCO)C1. The number of Topliss-reactive ketones (excluding diaryl/α,β-unsaturated/α-hetero) is 1. The van der Waals surface area contributed by atoms with Crippen LogP contribution >= 0.6 is 0 Å². The van der Waals surface area contributed by atoms with Crippen molar-refractivity contribution >= 4 is 5.78 Å². The molecular formula is C16H26O2. The Morgan fingerprint density at radius 1 is 1.22 bits per heavy atom. The molecule has 1 N–H and O–H groups in total. The molecule has 6 atom stereocenters. The molecule has 18 heavy (non-hydrogen) atoms. The molecule has 2 aliphatic rings. The summed E-state index contributed by atoms with van der Waals surface area (Å²) in [5.74, 6) is 3.21. The van der Waals surface area contributed by atoms with E-state index >= 15 is 0 Å². The van der Waals surface area contributed by atoms with Gasteiger partial charge in [-0.05, 0) is 42.4 Å². The summed E-state index contributed by atoms with van der Waals surface area (Å²) in [5.41, 5.74) is 0. The molecule has 0 aromatic rings. The summed E-state index contributed by atoms with van der Waals surface area (Å²) in [6, 6.07) is 0. The van der Waals surface area contributed by atoms with Crippen LogP contribution in [0.2, 0.25) is 0 Å². The normalized spacial score (nSPS) is 43.6. The van der Waals surface area contributed by atoms with E-state index in [2.05, 4.69) is 32.9 Å². The minimum atomic E-state index is -0.00601. The summed E-state index contributed by atoms with van der Waals surface area (Å²) in [6.07, 6.45) is 7.37. The van der Waals surface area contributed by atoms with Crippen molar-refractivity contribution in [2.45, 2.75) is 40.0 Å². The lowest BCUT2D eigenvalue weighted by Gasteiger charge is -2.46. The maximum Gasteiger partial charge on any atom is 0.139 e. The Kier molecular flexibility index (Phi) is 4.26. The summed E-state index contributed by atoms with van der Waals surface area (Å²) in [5, 5.41) is 9.02. The van der Waals surface area contributed by atoms with Gasteiger partial charge in [0.2, 0.25) is 0 Å². The first-order chi connectivity index (χ1) is 8.54. The third-order valence-electron chi connectivity index (χ3n) is 4.97. The third-order valence-corrected chi connectivity index (χ3v) is 4.97. The maximum absolute atomic E-state index is 12.3. The molecule has 2 heteroatoms. The number of allylic oxidation sites excluding steroid dienone is 2. The first kappa shape index (κ1) is 13.8. The number of rotatable bonds is 3. The first-order valence-corrected chi connectivity index (χ1v) is 7.36. The first-order valence-electron chi connectivity index (χ1n) is 7.36. The smallest absolute Gasteiger partial charge is 0.139 e. The molecule has 2 rings (SSSR count). The number of carbonyl (C=O) groups is 1. The van der Waals surface area contributed by atoms with E-state index in [4.69, 9.17) is 5.11 Å². The molecule has 0 aliphatic heterocycles. The minimum Gasteiger partial charge on any atom is -0.396 e. The number of fused-ring (bicyclic) bond motifs is 1. The molecule has 0 amide bonds. The zero-order chi connectivity index (χ0) is 13.3. The number of ketones is 1. The summed E-state index contributed by atoms with van der Waals surface area (Å²) in [6.45, 7) is 6.77. The van der Waals surface area contributed by atoms with Crippen LogP contribution in [-0.2, 0) is 4.79 Å². The van der Waals surface area contributed by atoms with Crippen LogP contribution in [0.5, 0.6) is 0 Å². The second-order valence-corrected chi connectivity index (χ2v) is 6.50. The second kappa shape index (κ2) is 5.56. The summed E-state index contributed by atoms with van der Waals surface area (Å²) in [7, 11) is 0. The molecule has 0 saturated heterocycles. The van der Waals surface area contributed by atoms with E-state index in [1.54, 1.807) is 0 Å². The average molecular weight is 250 g/mol. The van der Waals surface area contributed by atoms with Gasteiger partial charge in [0.1, 0.15) is 5.78 Å². The third kappa shape index (κ3) is 2.54. The number of aliphatic hydroxyl groups is 1. The quantitative estimate of drug-likeness (QED) is 0.782. The Morgan fingerprint density at radius 3 is 2.61 bits per heavy atom. The Balaban J connectivity index is 2.22. The van der Waals surface area contributed by atoms with Gasteiger partial charge in [-0.1, -0.05) is 32.9 Å². The highest BCUT2D eigenvalue weighted by Gasteiger charge is 2.43. The molecule has 1 saturated carbocycles. The summed E-state index contributed by atoms with van der Waals surface area (Å²) < 4.78 is 0. The van der Waals surface area contributed by atoms with Crippen molar-refractivity contribution in [3.63, 3.8) is 0 Å². The number of hydrogen-bond donors (Lipinski definition) is 1. The van der Waals surface area contributed by atoms with Gasteiger partial charge in [0.15, 0.2) is 0 Å². The van der Waals surface area contributed by atoms with Crippen LogP contribution in [0.1, 0.15) is 40.0 Å². The lowest BCUT2D eigenvalue weighted by atomic mass is 9.58. The molecule has 6 unspecified atom stereocenters. The van der Waals surface area contributed by atoms with Crippen LogP contribution < -0.4 is 0 Å². The zero-order valence-electron chi connectivity index (χ0n) is 11.8. The Labute approximate surface area is 110 Å². The molecule has 0 heterocycles. The predicted octanol–water partition coefficient (Wildman–Crippen LogP) is 3.06. The van der Waals surface area contributed by atoms with E-state index < -0.39 is 0 Å². The van der Waals surface area contributed by atoms with E-state index in [1.807, 2.05) is 0 Å². The van der Waals surface area contributed by atoms with Gasteiger partial charge < -0.3 is 5.11 Å². The van der Waals surface area contributed by atoms with Gasteiger partial charge >= 0.3 is 0 Å². The fourth-order valence-corrected chi connectivity index (χ4v) is 4.33. The molecular weight excluding hydrogens is 224 g/mol. The van der Waals surface area contributed by atoms with Gasteiger partial charge in [0.25, 0.3) is 0 Å². The molecule has 1 fully saturated rings. The maximum atomic E-state index is 12.3. The Morgan fingerprint density at radius 2 is 1.94 bits per heavy atom. The molecule has 2 nitrogen and oxygen atoms in total. The molecule has 0 aromatic carbocycles. The van der Waals surface area contributed by atoms with E-state index in [-0.39, 0.29) is 18.3 Å². The van der Waals surface area contributed by atoms with Crippen LogP contribution in [0.15, 0.2) is 12.2 Å². The standard InChI is InChI=1S/C16H26O2/c1-10-8-12(3)15-13(9-10)5-4-11(2)16(15)14(18)6-7-17/h4-5,10-13,15-17H,6-9H2,1-3H3. The lowest BCUT2D eigenvalue weighted by Crippen LogP contribution is -2.43. The second-order valence-electron chi connectivity index (χ2n) is 6.50. The van der Waals surface area contributed by atoms with Crippen molar-refractivity contribution in [3.05, 3.63) is 12.2 Å². The number of carbonyl (C=O) groups excluding carboxylic acids is 1. The van der Waals surface area contributed by atoms with Crippen molar-refractivity contribution < 1.29 is 9.90 Å². The van der Waals surface area contributed by atoms with Crippen molar-refractivity contribution in [1.82, 2.24) is 0 Å². The lowest BCUT2D eigenvalue weighted by molar-refractivity contribution is -0.129. The summed E-state index contributed by atoms with van der Waals surface area (Å²) in [4.78, 5) is 12.3. The van der Waals surface area contributed by atoms with Crippen molar-refractivity contribution in [3.8, 4) is 0 Å². The predicted molar refractivity (Wildman–Crippen MR) is 73.0 cm³/mol. The van der Waals surface area contributed by atoms with Gasteiger partial charge in [-0.3, -0.25) is 4.79 Å². The van der Waals surface area contributed by atoms with Crippen LogP contribution in [-0.4, -0.2) is 17.5 Å². The monoisotopic (exact) mass is 250 g/mol. The molecule has 102 valence electrons. The van der Waals surface area contributed by atoms with Gasteiger partial charge in [-0.2, -0.15) is 0 Å². The number of aliphatic hydroxyl groups excluding tert-OH is 1. The van der Waals surface area contributed by atoms with Crippen LogP contribution in [0.25, 0.3) is 0 Å². The van der Waals surface area contributed by atoms with Crippen LogP contribution in [0, 0.1) is 35.5 Å². The molecule has 0 spiro atoms. The van der Waals surface area contributed by atoms with E-state index in [1.165, 1.54) is 12.8 Å². The van der Waals surface area contributed by atoms with Crippen molar-refractivity contribution in [2.24, 2.45) is 35.5 Å². The van der Waals surface area contributed by atoms with Crippen molar-refractivity contribution in [1.29, 1.82) is 0 Å². The number of hydrogen-bond acceptors (Lipinski definition) is 2.